The van der Waals surface area contributed by atoms with Crippen molar-refractivity contribution in [1.29, 1.82) is 0 Å². The molecule has 0 saturated heterocycles. The average Bonchev–Trinajstić information content (AvgIpc) is 2.27. The molecular weight excluding hydrogens is 246 g/mol. The van der Waals surface area contributed by atoms with Crippen LogP contribution >= 0.6 is 11.8 Å². The Morgan fingerprint density at radius 3 is 2.44 bits per heavy atom. The predicted octanol–water partition coefficient (Wildman–Crippen LogP) is 3.85. The topological polar surface area (TPSA) is 38.3 Å². The lowest BCUT2D eigenvalue weighted by molar-refractivity contribution is 0.0526. The Kier molecular flexibility index (Phi) is 5.54. The molecule has 0 aliphatic rings. The van der Waals surface area contributed by atoms with Crippen molar-refractivity contribution in [1.82, 2.24) is 5.32 Å². The fourth-order valence-corrected chi connectivity index (χ4v) is 2.15. The fraction of sp³-hybridized carbons (Fsp3) is 0.429. The van der Waals surface area contributed by atoms with Gasteiger partial charge in [0.15, 0.2) is 0 Å². The average molecular weight is 266 g/mol. The van der Waals surface area contributed by atoms with Crippen molar-refractivity contribution in [3.8, 4) is 0 Å². The molecule has 1 atom stereocenters. The number of carbonyl (C=O) groups excluding carboxylic acids is 1. The number of benzene rings is 1. The summed E-state index contributed by atoms with van der Waals surface area (Å²) in [5.41, 5.74) is -0.472. The predicted molar refractivity (Wildman–Crippen MR) is 75.4 cm³/mol. The molecule has 3 nitrogen and oxygen atoms in total. The van der Waals surface area contributed by atoms with E-state index in [1.54, 1.807) is 11.8 Å². The van der Waals surface area contributed by atoms with Gasteiger partial charge in [-0.15, -0.1) is 11.8 Å². The van der Waals surface area contributed by atoms with Gasteiger partial charge in [-0.3, -0.25) is 0 Å². The van der Waals surface area contributed by atoms with Gasteiger partial charge in [0.25, 0.3) is 0 Å². The van der Waals surface area contributed by atoms with Gasteiger partial charge >= 0.3 is 6.09 Å². The summed E-state index contributed by atoms with van der Waals surface area (Å²) in [6.45, 7) is 7.46. The highest BCUT2D eigenvalue weighted by atomic mass is 32.2. The van der Waals surface area contributed by atoms with E-state index >= 15 is 0 Å². The zero-order chi connectivity index (χ0) is 13.6. The largest absolute Gasteiger partial charge is 0.444 e. The van der Waals surface area contributed by atoms with Crippen LogP contribution in [0.15, 0.2) is 35.2 Å². The fourth-order valence-electron chi connectivity index (χ4n) is 1.25. The van der Waals surface area contributed by atoms with Crippen LogP contribution in [0, 0.1) is 6.42 Å². The molecule has 1 aromatic rings. The summed E-state index contributed by atoms with van der Waals surface area (Å²) in [6, 6.07) is 9.94. The second kappa shape index (κ2) is 6.69. The maximum atomic E-state index is 11.7. The summed E-state index contributed by atoms with van der Waals surface area (Å²) in [5, 5.41) is 2.72. The van der Waals surface area contributed by atoms with Crippen LogP contribution in [-0.4, -0.2) is 17.1 Å². The molecule has 1 rings (SSSR count). The van der Waals surface area contributed by atoms with Crippen LogP contribution in [0.3, 0.4) is 0 Å². The van der Waals surface area contributed by atoms with Crippen LogP contribution < -0.4 is 5.32 Å². The highest BCUT2D eigenvalue weighted by molar-refractivity contribution is 8.00. The minimum absolute atomic E-state index is 0.0951. The van der Waals surface area contributed by atoms with Gasteiger partial charge in [0, 0.05) is 4.90 Å². The first-order valence-corrected chi connectivity index (χ1v) is 6.79. The minimum Gasteiger partial charge on any atom is -0.444 e. The van der Waals surface area contributed by atoms with Crippen molar-refractivity contribution in [3.63, 3.8) is 0 Å². The first kappa shape index (κ1) is 14.9. The third kappa shape index (κ3) is 5.96. The Bertz CT molecular complexity index is 373. The molecule has 0 fully saturated rings. The van der Waals surface area contributed by atoms with E-state index in [-0.39, 0.29) is 5.37 Å². The summed E-state index contributed by atoms with van der Waals surface area (Å²) in [4.78, 5) is 12.8. The van der Waals surface area contributed by atoms with E-state index < -0.39 is 11.7 Å². The lowest BCUT2D eigenvalue weighted by Gasteiger charge is -2.22. The van der Waals surface area contributed by atoms with E-state index in [2.05, 4.69) is 5.32 Å². The van der Waals surface area contributed by atoms with Gasteiger partial charge in [0.1, 0.15) is 5.60 Å². The quantitative estimate of drug-likeness (QED) is 0.664. The van der Waals surface area contributed by atoms with Crippen LogP contribution in [0.1, 0.15) is 27.7 Å². The lowest BCUT2D eigenvalue weighted by atomic mass is 10.2. The normalized spacial score (nSPS) is 12.9. The van der Waals surface area contributed by atoms with Gasteiger partial charge in [0.2, 0.25) is 0 Å². The molecule has 0 saturated carbocycles. The Balaban J connectivity index is 2.50. The molecule has 1 amide bonds. The molecule has 0 heterocycles. The number of rotatable bonds is 4. The minimum atomic E-state index is -0.472. The standard InChI is InChI=1S/C14H20NO2S/c1-5-12(15-13(16)17-14(2,3)4)18-11-9-7-6-8-10-11/h5-10,12H,1-4H3,(H,15,16)/t12-/m1/s1. The summed E-state index contributed by atoms with van der Waals surface area (Å²) < 4.78 is 5.22. The SMILES string of the molecule is C[CH][C@H](NC(=O)OC(C)(C)C)Sc1ccccc1. The van der Waals surface area contributed by atoms with Gasteiger partial charge in [-0.25, -0.2) is 4.79 Å². The number of carbonyl (C=O) groups is 1. The highest BCUT2D eigenvalue weighted by Crippen LogP contribution is 2.23. The van der Waals surface area contributed by atoms with Crippen molar-refractivity contribution in [3.05, 3.63) is 36.8 Å². The van der Waals surface area contributed by atoms with Crippen LogP contribution in [0.5, 0.6) is 0 Å². The lowest BCUT2D eigenvalue weighted by Crippen LogP contribution is -2.37. The van der Waals surface area contributed by atoms with E-state index in [1.165, 1.54) is 0 Å². The molecule has 0 unspecified atom stereocenters. The number of amides is 1. The second-order valence-corrected chi connectivity index (χ2v) is 6.05. The van der Waals surface area contributed by atoms with Crippen molar-refractivity contribution in [2.24, 2.45) is 0 Å². The summed E-state index contributed by atoms with van der Waals surface area (Å²) in [5.74, 6) is 0. The van der Waals surface area contributed by atoms with E-state index in [0.717, 1.165) is 4.90 Å². The monoisotopic (exact) mass is 266 g/mol. The first-order valence-electron chi connectivity index (χ1n) is 5.91. The van der Waals surface area contributed by atoms with Crippen LogP contribution in [0.4, 0.5) is 4.79 Å². The molecule has 18 heavy (non-hydrogen) atoms. The molecule has 4 heteroatoms. The molecule has 0 bridgehead atoms. The number of nitrogens with one attached hydrogen (secondary N) is 1. The number of hydrogen-bond acceptors (Lipinski definition) is 3. The van der Waals surface area contributed by atoms with Crippen molar-refractivity contribution in [2.75, 3.05) is 0 Å². The summed E-state index contributed by atoms with van der Waals surface area (Å²) in [6.07, 6.45) is 1.54. The van der Waals surface area contributed by atoms with Gasteiger partial charge in [-0.05, 0) is 39.3 Å². The molecular formula is C14H20NO2S. The van der Waals surface area contributed by atoms with E-state index in [0.29, 0.717) is 0 Å². The van der Waals surface area contributed by atoms with Gasteiger partial charge < -0.3 is 10.1 Å². The molecule has 99 valence electrons. The molecule has 0 spiro atoms. The smallest absolute Gasteiger partial charge is 0.408 e. The Morgan fingerprint density at radius 1 is 1.33 bits per heavy atom. The van der Waals surface area contributed by atoms with E-state index in [4.69, 9.17) is 4.74 Å². The Labute approximate surface area is 113 Å². The van der Waals surface area contributed by atoms with Crippen molar-refractivity contribution >= 4 is 17.9 Å². The maximum absolute atomic E-state index is 11.7. The molecule has 0 aliphatic carbocycles. The molecule has 1 radical (unpaired) electrons. The molecule has 1 N–H and O–H groups in total. The third-order valence-corrected chi connectivity index (χ3v) is 3.16. The first-order chi connectivity index (χ1) is 8.40. The number of ether oxygens (including phenoxy) is 1. The number of thioether (sulfide) groups is 1. The number of hydrogen-bond donors (Lipinski definition) is 1. The summed E-state index contributed by atoms with van der Waals surface area (Å²) >= 11 is 1.58. The summed E-state index contributed by atoms with van der Waals surface area (Å²) in [7, 11) is 0. The Morgan fingerprint density at radius 2 is 1.94 bits per heavy atom. The van der Waals surface area contributed by atoms with E-state index in [1.807, 2.05) is 64.4 Å². The zero-order valence-electron chi connectivity index (χ0n) is 11.3. The van der Waals surface area contributed by atoms with Gasteiger partial charge in [0.05, 0.1) is 5.37 Å². The van der Waals surface area contributed by atoms with Crippen LogP contribution in [-0.2, 0) is 4.74 Å². The van der Waals surface area contributed by atoms with Crippen LogP contribution in [0.2, 0.25) is 0 Å². The van der Waals surface area contributed by atoms with Gasteiger partial charge in [-0.2, -0.15) is 0 Å². The van der Waals surface area contributed by atoms with Crippen LogP contribution in [0.25, 0.3) is 0 Å². The third-order valence-electron chi connectivity index (χ3n) is 1.97. The second-order valence-electron chi connectivity index (χ2n) is 4.83. The zero-order valence-corrected chi connectivity index (χ0v) is 12.1. The molecule has 0 aliphatic heterocycles. The van der Waals surface area contributed by atoms with Gasteiger partial charge in [-0.1, -0.05) is 25.1 Å². The number of alkyl carbamates (subject to hydrolysis) is 1. The van der Waals surface area contributed by atoms with Crippen molar-refractivity contribution < 1.29 is 9.53 Å². The molecule has 0 aromatic heterocycles. The maximum Gasteiger partial charge on any atom is 0.408 e. The van der Waals surface area contributed by atoms with E-state index in [9.17, 15) is 4.79 Å². The van der Waals surface area contributed by atoms with Crippen molar-refractivity contribution in [2.45, 2.75) is 43.6 Å². The molecule has 1 aromatic carbocycles. The highest BCUT2D eigenvalue weighted by Gasteiger charge is 2.19. The Hall–Kier alpha value is -1.16.